The van der Waals surface area contributed by atoms with Gasteiger partial charge in [0.1, 0.15) is 53.4 Å². The summed E-state index contributed by atoms with van der Waals surface area (Å²) in [6.07, 6.45) is 7.76. The van der Waals surface area contributed by atoms with E-state index in [-0.39, 0.29) is 76.0 Å². The quantitative estimate of drug-likeness (QED) is 0.296. The highest BCUT2D eigenvalue weighted by Crippen LogP contribution is 2.47. The minimum absolute atomic E-state index is 0.0274. The number of pyridine rings is 1. The van der Waals surface area contributed by atoms with Gasteiger partial charge in [-0.3, -0.25) is 9.80 Å². The molecular formula is C36H33F3N6O5. The minimum Gasteiger partial charge on any atom is -0.508 e. The van der Waals surface area contributed by atoms with Crippen LogP contribution in [0.3, 0.4) is 0 Å². The molecule has 0 spiro atoms. The van der Waals surface area contributed by atoms with Gasteiger partial charge >= 0.3 is 12.1 Å². The lowest BCUT2D eigenvalue weighted by atomic mass is 9.95. The van der Waals surface area contributed by atoms with Gasteiger partial charge in [0, 0.05) is 30.5 Å². The van der Waals surface area contributed by atoms with E-state index < -0.39 is 35.5 Å². The highest BCUT2D eigenvalue weighted by atomic mass is 19.1. The highest BCUT2D eigenvalue weighted by molar-refractivity contribution is 6.04. The second-order valence-electron chi connectivity index (χ2n) is 13.9. The topological polar surface area (TPSA) is 113 Å². The summed E-state index contributed by atoms with van der Waals surface area (Å²) < 4.78 is 64.5. The molecule has 4 aromatic rings. The van der Waals surface area contributed by atoms with Gasteiger partial charge in [0.15, 0.2) is 5.82 Å². The monoisotopic (exact) mass is 686 g/mol. The molecule has 5 aliphatic rings. The molecule has 3 unspecified atom stereocenters. The first-order valence-electron chi connectivity index (χ1n) is 16.8. The maximum atomic E-state index is 17.2. The predicted molar refractivity (Wildman–Crippen MR) is 176 cm³/mol. The van der Waals surface area contributed by atoms with Gasteiger partial charge in [-0.05, 0) is 55.8 Å². The van der Waals surface area contributed by atoms with Crippen LogP contribution in [0.15, 0.2) is 24.3 Å². The number of benzene rings is 2. The van der Waals surface area contributed by atoms with Crippen molar-refractivity contribution >= 4 is 33.6 Å². The van der Waals surface area contributed by atoms with Crippen molar-refractivity contribution in [1.82, 2.24) is 24.8 Å². The average Bonchev–Trinajstić information content (AvgIpc) is 3.71. The Bertz CT molecular complexity index is 2150. The molecule has 50 heavy (non-hydrogen) atoms. The van der Waals surface area contributed by atoms with Gasteiger partial charge in [-0.25, -0.2) is 22.9 Å². The van der Waals surface area contributed by atoms with Crippen molar-refractivity contribution < 1.29 is 37.3 Å². The number of rotatable bonds is 4. The SMILES string of the molecule is C#Cc1c(F)ccc2cc(O)cc(-c3nc4c5c(nc(OC[C@@]67CCCN6C[C@H](F)C7)nc5c3F)N3CC5CCC(C3CO4)N5C(=O)OC)c12. The van der Waals surface area contributed by atoms with Gasteiger partial charge in [0.2, 0.25) is 5.88 Å². The van der Waals surface area contributed by atoms with Crippen LogP contribution in [0.25, 0.3) is 32.9 Å². The van der Waals surface area contributed by atoms with Gasteiger partial charge in [-0.2, -0.15) is 9.97 Å². The molecule has 5 aliphatic heterocycles. The molecular weight excluding hydrogens is 653 g/mol. The number of carbonyl (C=O) groups excluding carboxylic acids is 1. The molecule has 2 bridgehead atoms. The first-order chi connectivity index (χ1) is 24.2. The predicted octanol–water partition coefficient (Wildman–Crippen LogP) is 4.95. The summed E-state index contributed by atoms with van der Waals surface area (Å²) in [6, 6.07) is 4.37. The molecule has 9 rings (SSSR count). The zero-order valence-electron chi connectivity index (χ0n) is 27.2. The van der Waals surface area contributed by atoms with Crippen molar-refractivity contribution in [3.8, 4) is 41.2 Å². The fraction of sp³-hybridized carbons (Fsp3) is 0.444. The molecule has 5 atom stereocenters. The number of aromatic nitrogens is 3. The van der Waals surface area contributed by atoms with Crippen LogP contribution < -0.4 is 14.4 Å². The average molecular weight is 687 g/mol. The van der Waals surface area contributed by atoms with Crippen LogP contribution in [0.4, 0.5) is 23.8 Å². The number of halogens is 3. The first kappa shape index (κ1) is 31.0. The number of aromatic hydroxyl groups is 1. The third-order valence-corrected chi connectivity index (χ3v) is 11.2. The molecule has 2 aromatic heterocycles. The van der Waals surface area contributed by atoms with Crippen LogP contribution >= 0.6 is 0 Å². The maximum absolute atomic E-state index is 17.2. The van der Waals surface area contributed by atoms with Crippen molar-refractivity contribution in [1.29, 1.82) is 0 Å². The third-order valence-electron chi connectivity index (χ3n) is 11.2. The lowest BCUT2D eigenvalue weighted by Gasteiger charge is -2.45. The first-order valence-corrected chi connectivity index (χ1v) is 16.8. The van der Waals surface area contributed by atoms with E-state index >= 15 is 8.78 Å². The fourth-order valence-corrected chi connectivity index (χ4v) is 9.10. The number of terminal acetylenes is 1. The van der Waals surface area contributed by atoms with E-state index in [1.165, 1.54) is 31.4 Å². The number of ether oxygens (including phenoxy) is 3. The van der Waals surface area contributed by atoms with Crippen molar-refractivity contribution in [2.24, 2.45) is 0 Å². The minimum atomic E-state index is -0.968. The number of nitrogens with zero attached hydrogens (tertiary/aromatic N) is 6. The van der Waals surface area contributed by atoms with Gasteiger partial charge < -0.3 is 24.2 Å². The lowest BCUT2D eigenvalue weighted by Crippen LogP contribution is -2.63. The highest BCUT2D eigenvalue weighted by Gasteiger charge is 2.52. The van der Waals surface area contributed by atoms with Gasteiger partial charge in [-0.15, -0.1) is 6.42 Å². The molecule has 0 radical (unpaired) electrons. The number of hydrogen-bond donors (Lipinski definition) is 1. The third kappa shape index (κ3) is 4.48. The lowest BCUT2D eigenvalue weighted by molar-refractivity contribution is 0.0766. The Morgan fingerprint density at radius 1 is 1.16 bits per heavy atom. The second-order valence-corrected chi connectivity index (χ2v) is 13.9. The number of amides is 1. The molecule has 0 aliphatic carbocycles. The van der Waals surface area contributed by atoms with E-state index in [1.807, 2.05) is 4.90 Å². The summed E-state index contributed by atoms with van der Waals surface area (Å²) in [5.74, 6) is 0.960. The van der Waals surface area contributed by atoms with Gasteiger partial charge in [-0.1, -0.05) is 12.0 Å². The van der Waals surface area contributed by atoms with Crippen LogP contribution in [-0.2, 0) is 4.74 Å². The summed E-state index contributed by atoms with van der Waals surface area (Å²) in [6.45, 7) is 1.67. The summed E-state index contributed by atoms with van der Waals surface area (Å²) >= 11 is 0. The Kier molecular flexibility index (Phi) is 6.97. The largest absolute Gasteiger partial charge is 0.508 e. The smallest absolute Gasteiger partial charge is 0.410 e. The van der Waals surface area contributed by atoms with E-state index in [1.54, 1.807) is 4.90 Å². The zero-order chi connectivity index (χ0) is 34.5. The van der Waals surface area contributed by atoms with E-state index in [0.717, 1.165) is 25.8 Å². The fourth-order valence-electron chi connectivity index (χ4n) is 9.10. The Labute approximate surface area is 284 Å². The van der Waals surface area contributed by atoms with Crippen molar-refractivity contribution in [2.45, 2.75) is 61.9 Å². The molecule has 14 heteroatoms. The van der Waals surface area contributed by atoms with Crippen molar-refractivity contribution in [3.63, 3.8) is 0 Å². The summed E-state index contributed by atoms with van der Waals surface area (Å²) in [7, 11) is 1.35. The summed E-state index contributed by atoms with van der Waals surface area (Å²) in [5.41, 5.74) is -0.990. The maximum Gasteiger partial charge on any atom is 0.410 e. The molecule has 1 N–H and O–H groups in total. The molecule has 0 saturated carbocycles. The Hall–Kier alpha value is -5.03. The number of piperazine rings is 1. The van der Waals surface area contributed by atoms with Crippen LogP contribution in [-0.4, -0.2) is 106 Å². The van der Waals surface area contributed by atoms with E-state index in [4.69, 9.17) is 25.6 Å². The zero-order valence-corrected chi connectivity index (χ0v) is 27.2. The van der Waals surface area contributed by atoms with Crippen LogP contribution in [0.2, 0.25) is 0 Å². The van der Waals surface area contributed by atoms with Crippen LogP contribution in [0, 0.1) is 24.0 Å². The summed E-state index contributed by atoms with van der Waals surface area (Å²) in [5, 5.41) is 11.5. The molecule has 1 amide bonds. The van der Waals surface area contributed by atoms with Crippen LogP contribution in [0.5, 0.6) is 17.6 Å². The normalized spacial score (nSPS) is 26.8. The Morgan fingerprint density at radius 2 is 2.02 bits per heavy atom. The van der Waals surface area contributed by atoms with E-state index in [2.05, 4.69) is 20.8 Å². The number of alkyl halides is 1. The molecule has 11 nitrogen and oxygen atoms in total. The van der Waals surface area contributed by atoms with Crippen molar-refractivity contribution in [2.75, 3.05) is 44.9 Å². The molecule has 7 heterocycles. The number of carbonyl (C=O) groups is 1. The molecule has 2 aromatic carbocycles. The van der Waals surface area contributed by atoms with Crippen molar-refractivity contribution in [3.05, 3.63) is 41.5 Å². The van der Waals surface area contributed by atoms with E-state index in [9.17, 15) is 14.3 Å². The standard InChI is InChI=1S/C36H33F3N6O5/c1-3-22-24(38)7-5-18-11-21(46)12-23(27(18)22)30-29(39)31-28-32(42-34(41-31)50-17-36-9-4-10-43(36)14-19(37)13-36)44-15-20-6-8-25(45(20)35(47)48-2)26(44)16-49-33(28)40-30/h1,5,7,11-12,19-20,25-26,46H,4,6,8-10,13-17H2,2H3/t19-,20?,25?,26?,36+/m1/s1. The second kappa shape index (κ2) is 11.2. The summed E-state index contributed by atoms with van der Waals surface area (Å²) in [4.78, 5) is 32.8. The van der Waals surface area contributed by atoms with Gasteiger partial charge in [0.25, 0.3) is 0 Å². The van der Waals surface area contributed by atoms with Gasteiger partial charge in [0.05, 0.1) is 36.3 Å². The number of phenols is 1. The number of phenolic OH excluding ortho intramolecular Hbond substituents is 1. The number of methoxy groups -OCH3 is 1. The van der Waals surface area contributed by atoms with Crippen LogP contribution in [0.1, 0.15) is 37.7 Å². The Morgan fingerprint density at radius 3 is 2.84 bits per heavy atom. The molecule has 258 valence electrons. The molecule has 4 saturated heterocycles. The number of fused-ring (bicyclic) bond motifs is 7. The van der Waals surface area contributed by atoms with E-state index in [0.29, 0.717) is 37.1 Å². The Balaban J connectivity index is 1.24. The number of hydrogen-bond acceptors (Lipinski definition) is 10. The number of anilines is 1. The molecule has 4 fully saturated rings.